The Hall–Kier alpha value is -1.13. The van der Waals surface area contributed by atoms with E-state index >= 15 is 0 Å². The van der Waals surface area contributed by atoms with Crippen LogP contribution in [0.15, 0.2) is 18.2 Å². The normalized spacial score (nSPS) is 14.0. The maximum atomic E-state index is 5.53. The zero-order valence-electron chi connectivity index (χ0n) is 12.4. The lowest BCUT2D eigenvalue weighted by Gasteiger charge is -2.32. The van der Waals surface area contributed by atoms with Crippen LogP contribution in [0.2, 0.25) is 0 Å². The van der Waals surface area contributed by atoms with Gasteiger partial charge in [0.1, 0.15) is 0 Å². The van der Waals surface area contributed by atoms with Gasteiger partial charge in [-0.25, -0.2) is 0 Å². The first-order valence-corrected chi connectivity index (χ1v) is 7.86. The highest BCUT2D eigenvalue weighted by Gasteiger charge is 2.19. The molecule has 0 bridgehead atoms. The Labute approximate surface area is 127 Å². The monoisotopic (exact) mass is 292 g/mol. The van der Waals surface area contributed by atoms with E-state index in [0.29, 0.717) is 0 Å². The van der Waals surface area contributed by atoms with Crippen LogP contribution >= 0.6 is 12.2 Å². The Balaban J connectivity index is 1.91. The third-order valence-corrected chi connectivity index (χ3v) is 3.91. The van der Waals surface area contributed by atoms with Gasteiger partial charge in [0.25, 0.3) is 0 Å². The summed E-state index contributed by atoms with van der Waals surface area (Å²) >= 11 is 5.53. The van der Waals surface area contributed by atoms with Gasteiger partial charge >= 0.3 is 0 Å². The molecule has 1 heterocycles. The molecular weight excluding hydrogens is 268 g/mol. The first-order chi connectivity index (χ1) is 9.72. The Morgan fingerprint density at radius 2 is 2.30 bits per heavy atom. The lowest BCUT2D eigenvalue weighted by Crippen LogP contribution is -2.43. The van der Waals surface area contributed by atoms with Crippen molar-refractivity contribution >= 4 is 23.0 Å². The molecule has 0 aliphatic carbocycles. The summed E-state index contributed by atoms with van der Waals surface area (Å²) in [4.78, 5) is 2.23. The van der Waals surface area contributed by atoms with Gasteiger partial charge in [0, 0.05) is 32.0 Å². The maximum absolute atomic E-state index is 5.53. The SMILES string of the molecule is CCOCCCNC(=S)N1CCCc2cc(C)ccc21. The second-order valence-electron chi connectivity index (χ2n) is 5.17. The summed E-state index contributed by atoms with van der Waals surface area (Å²) in [7, 11) is 0. The predicted octanol–water partition coefficient (Wildman–Crippen LogP) is 3.05. The number of hydrogen-bond acceptors (Lipinski definition) is 2. The minimum Gasteiger partial charge on any atom is -0.382 e. The second-order valence-corrected chi connectivity index (χ2v) is 5.56. The van der Waals surface area contributed by atoms with Crippen molar-refractivity contribution in [1.29, 1.82) is 0 Å². The third-order valence-electron chi connectivity index (χ3n) is 3.54. The van der Waals surface area contributed by atoms with E-state index in [1.54, 1.807) is 0 Å². The first-order valence-electron chi connectivity index (χ1n) is 7.45. The highest BCUT2D eigenvalue weighted by atomic mass is 32.1. The third kappa shape index (κ3) is 3.93. The van der Waals surface area contributed by atoms with Gasteiger partial charge in [-0.05, 0) is 57.0 Å². The van der Waals surface area contributed by atoms with Crippen molar-refractivity contribution in [2.45, 2.75) is 33.1 Å². The lowest BCUT2D eigenvalue weighted by atomic mass is 10.00. The van der Waals surface area contributed by atoms with Crippen LogP contribution in [0.25, 0.3) is 0 Å². The molecule has 2 rings (SSSR count). The highest BCUT2D eigenvalue weighted by molar-refractivity contribution is 7.80. The Morgan fingerprint density at radius 1 is 1.45 bits per heavy atom. The van der Waals surface area contributed by atoms with E-state index in [1.165, 1.54) is 16.8 Å². The summed E-state index contributed by atoms with van der Waals surface area (Å²) in [6.07, 6.45) is 3.31. The molecule has 4 heteroatoms. The van der Waals surface area contributed by atoms with Crippen molar-refractivity contribution in [2.75, 3.05) is 31.2 Å². The molecule has 1 aromatic rings. The molecule has 1 aromatic carbocycles. The van der Waals surface area contributed by atoms with Gasteiger partial charge in [0.05, 0.1) is 0 Å². The molecule has 3 nitrogen and oxygen atoms in total. The average molecular weight is 292 g/mol. The standard InChI is InChI=1S/C16H24N2OS/c1-3-19-11-5-9-17-16(20)18-10-4-6-14-12-13(2)7-8-15(14)18/h7-8,12H,3-6,9-11H2,1-2H3,(H,17,20). The Bertz CT molecular complexity index is 462. The average Bonchev–Trinajstić information content (AvgIpc) is 2.46. The summed E-state index contributed by atoms with van der Waals surface area (Å²) in [6.45, 7) is 7.61. The van der Waals surface area contributed by atoms with Crippen molar-refractivity contribution in [3.05, 3.63) is 29.3 Å². The number of anilines is 1. The zero-order chi connectivity index (χ0) is 14.4. The molecule has 0 saturated carbocycles. The summed E-state index contributed by atoms with van der Waals surface area (Å²) < 4.78 is 5.33. The summed E-state index contributed by atoms with van der Waals surface area (Å²) in [5, 5.41) is 4.18. The van der Waals surface area contributed by atoms with E-state index in [4.69, 9.17) is 17.0 Å². The number of aryl methyl sites for hydroxylation is 2. The number of nitrogens with zero attached hydrogens (tertiary/aromatic N) is 1. The number of thiocarbonyl (C=S) groups is 1. The van der Waals surface area contributed by atoms with Crippen molar-refractivity contribution in [1.82, 2.24) is 5.32 Å². The lowest BCUT2D eigenvalue weighted by molar-refractivity contribution is 0.146. The van der Waals surface area contributed by atoms with Gasteiger partial charge in [-0.15, -0.1) is 0 Å². The van der Waals surface area contributed by atoms with Gasteiger partial charge in [0.15, 0.2) is 5.11 Å². The fraction of sp³-hybridized carbons (Fsp3) is 0.562. The van der Waals surface area contributed by atoms with Gasteiger partial charge < -0.3 is 15.0 Å². The fourth-order valence-electron chi connectivity index (χ4n) is 2.55. The molecule has 0 unspecified atom stereocenters. The van der Waals surface area contributed by atoms with Gasteiger partial charge in [-0.3, -0.25) is 0 Å². The molecule has 0 aromatic heterocycles. The van der Waals surface area contributed by atoms with Crippen molar-refractivity contribution in [2.24, 2.45) is 0 Å². The van der Waals surface area contributed by atoms with Crippen LogP contribution in [0, 0.1) is 6.92 Å². The van der Waals surface area contributed by atoms with Crippen molar-refractivity contribution in [3.63, 3.8) is 0 Å². The maximum Gasteiger partial charge on any atom is 0.173 e. The fourth-order valence-corrected chi connectivity index (χ4v) is 2.84. The number of rotatable bonds is 5. The number of fused-ring (bicyclic) bond motifs is 1. The number of hydrogen-bond donors (Lipinski definition) is 1. The molecule has 0 amide bonds. The van der Waals surface area contributed by atoms with Crippen LogP contribution in [-0.2, 0) is 11.2 Å². The van der Waals surface area contributed by atoms with Crippen LogP contribution in [-0.4, -0.2) is 31.4 Å². The quantitative estimate of drug-likeness (QED) is 0.666. The molecule has 0 fully saturated rings. The van der Waals surface area contributed by atoms with Crippen molar-refractivity contribution < 1.29 is 4.74 Å². The Morgan fingerprint density at radius 3 is 3.10 bits per heavy atom. The first kappa shape index (κ1) is 15.3. The van der Waals surface area contributed by atoms with Crippen LogP contribution in [0.5, 0.6) is 0 Å². The smallest absolute Gasteiger partial charge is 0.173 e. The van der Waals surface area contributed by atoms with E-state index in [-0.39, 0.29) is 0 Å². The number of nitrogens with one attached hydrogen (secondary N) is 1. The molecule has 0 radical (unpaired) electrons. The molecule has 1 aliphatic rings. The van der Waals surface area contributed by atoms with E-state index < -0.39 is 0 Å². The topological polar surface area (TPSA) is 24.5 Å². The van der Waals surface area contributed by atoms with Crippen LogP contribution < -0.4 is 10.2 Å². The summed E-state index contributed by atoms with van der Waals surface area (Å²) in [6, 6.07) is 6.63. The number of ether oxygens (including phenoxy) is 1. The van der Waals surface area contributed by atoms with E-state index in [2.05, 4.69) is 35.3 Å². The molecule has 0 saturated heterocycles. The van der Waals surface area contributed by atoms with Crippen LogP contribution in [0.4, 0.5) is 5.69 Å². The molecule has 20 heavy (non-hydrogen) atoms. The minimum atomic E-state index is 0.781. The molecule has 110 valence electrons. The molecule has 1 N–H and O–H groups in total. The zero-order valence-corrected chi connectivity index (χ0v) is 13.3. The molecule has 0 atom stereocenters. The van der Waals surface area contributed by atoms with Crippen LogP contribution in [0.1, 0.15) is 30.9 Å². The summed E-state index contributed by atoms with van der Waals surface area (Å²) in [5.74, 6) is 0. The Kier molecular flexibility index (Phi) is 5.80. The van der Waals surface area contributed by atoms with Gasteiger partial charge in [0.2, 0.25) is 0 Å². The van der Waals surface area contributed by atoms with Crippen LogP contribution in [0.3, 0.4) is 0 Å². The summed E-state index contributed by atoms with van der Waals surface area (Å²) in [5.41, 5.74) is 4.00. The van der Waals surface area contributed by atoms with E-state index in [0.717, 1.165) is 50.7 Å². The minimum absolute atomic E-state index is 0.781. The molecule has 1 aliphatic heterocycles. The predicted molar refractivity (Wildman–Crippen MR) is 88.6 cm³/mol. The highest BCUT2D eigenvalue weighted by Crippen LogP contribution is 2.27. The van der Waals surface area contributed by atoms with E-state index in [9.17, 15) is 0 Å². The molecule has 0 spiro atoms. The van der Waals surface area contributed by atoms with Crippen molar-refractivity contribution in [3.8, 4) is 0 Å². The molecular formula is C16H24N2OS. The largest absolute Gasteiger partial charge is 0.382 e. The van der Waals surface area contributed by atoms with Gasteiger partial charge in [-0.1, -0.05) is 17.7 Å². The van der Waals surface area contributed by atoms with E-state index in [1.807, 2.05) is 6.92 Å². The number of benzene rings is 1. The second kappa shape index (κ2) is 7.60. The van der Waals surface area contributed by atoms with Gasteiger partial charge in [-0.2, -0.15) is 0 Å².